The zero-order valence-corrected chi connectivity index (χ0v) is 8.24. The third-order valence-corrected chi connectivity index (χ3v) is 2.04. The predicted octanol–water partition coefficient (Wildman–Crippen LogP) is 2.32. The Morgan fingerprint density at radius 3 is 2.73 bits per heavy atom. The maximum atomic E-state index is 13.4. The minimum atomic E-state index is -0.292. The second-order valence-corrected chi connectivity index (χ2v) is 3.02. The van der Waals surface area contributed by atoms with Crippen molar-refractivity contribution in [3.63, 3.8) is 0 Å². The van der Waals surface area contributed by atoms with Crippen LogP contribution in [0.15, 0.2) is 36.7 Å². The molecule has 3 nitrogen and oxygen atoms in total. The van der Waals surface area contributed by atoms with Crippen LogP contribution >= 0.6 is 0 Å². The van der Waals surface area contributed by atoms with Crippen molar-refractivity contribution in [2.24, 2.45) is 0 Å². The minimum absolute atomic E-state index is 0.292. The van der Waals surface area contributed by atoms with Gasteiger partial charge in [-0.3, -0.25) is 4.98 Å². The number of rotatable bonds is 2. The summed E-state index contributed by atoms with van der Waals surface area (Å²) in [6.07, 6.45) is 3.13. The molecule has 1 heterocycles. The fourth-order valence-electron chi connectivity index (χ4n) is 1.29. The lowest BCUT2D eigenvalue weighted by atomic mass is 10.1. The first kappa shape index (κ1) is 9.58. The highest BCUT2D eigenvalue weighted by atomic mass is 19.1. The molecule has 0 saturated carbocycles. The van der Waals surface area contributed by atoms with Crippen LogP contribution in [0, 0.1) is 5.82 Å². The average molecular weight is 203 g/mol. The fourth-order valence-corrected chi connectivity index (χ4v) is 1.29. The molecule has 2 rings (SSSR count). The van der Waals surface area contributed by atoms with Crippen LogP contribution in [-0.4, -0.2) is 17.0 Å². The first-order valence-electron chi connectivity index (χ1n) is 4.56. The van der Waals surface area contributed by atoms with E-state index in [2.05, 4.69) is 15.3 Å². The number of benzene rings is 1. The third kappa shape index (κ3) is 1.93. The average Bonchev–Trinajstić information content (AvgIpc) is 2.30. The number of hydrogen-bond donors (Lipinski definition) is 1. The van der Waals surface area contributed by atoms with Crippen molar-refractivity contribution in [1.82, 2.24) is 9.97 Å². The maximum Gasteiger partial charge on any atom is 0.144 e. The summed E-state index contributed by atoms with van der Waals surface area (Å²) in [6.45, 7) is 0. The van der Waals surface area contributed by atoms with Crippen molar-refractivity contribution in [1.29, 1.82) is 0 Å². The summed E-state index contributed by atoms with van der Waals surface area (Å²) in [4.78, 5) is 8.19. The number of hydrogen-bond acceptors (Lipinski definition) is 3. The van der Waals surface area contributed by atoms with Gasteiger partial charge < -0.3 is 5.32 Å². The van der Waals surface area contributed by atoms with Gasteiger partial charge in [-0.2, -0.15) is 0 Å². The molecule has 0 unspecified atom stereocenters. The Labute approximate surface area is 87.0 Å². The van der Waals surface area contributed by atoms with E-state index in [4.69, 9.17) is 0 Å². The molecule has 0 aliphatic rings. The molecule has 1 N–H and O–H groups in total. The fraction of sp³-hybridized carbons (Fsp3) is 0.0909. The lowest BCUT2D eigenvalue weighted by Crippen LogP contribution is -1.96. The molecule has 76 valence electrons. The second-order valence-electron chi connectivity index (χ2n) is 3.02. The molecule has 1 aromatic heterocycles. The molecular formula is C11H10FN3. The topological polar surface area (TPSA) is 37.8 Å². The van der Waals surface area contributed by atoms with E-state index in [0.717, 1.165) is 0 Å². The van der Waals surface area contributed by atoms with Gasteiger partial charge in [-0.05, 0) is 12.1 Å². The van der Waals surface area contributed by atoms with E-state index in [1.807, 2.05) is 0 Å². The molecule has 0 radical (unpaired) electrons. The number of nitrogens with zero attached hydrogens (tertiary/aromatic N) is 2. The molecule has 4 heteroatoms. The van der Waals surface area contributed by atoms with Crippen LogP contribution in [0.3, 0.4) is 0 Å². The van der Waals surface area contributed by atoms with Crippen molar-refractivity contribution in [3.05, 3.63) is 42.5 Å². The number of halogens is 1. The Hall–Kier alpha value is -1.97. The van der Waals surface area contributed by atoms with E-state index < -0.39 is 0 Å². The van der Waals surface area contributed by atoms with E-state index in [1.54, 1.807) is 37.6 Å². The molecule has 0 amide bonds. The summed E-state index contributed by atoms with van der Waals surface area (Å²) in [6, 6.07) is 6.50. The highest BCUT2D eigenvalue weighted by Crippen LogP contribution is 2.20. The van der Waals surface area contributed by atoms with Gasteiger partial charge in [0.05, 0.1) is 18.1 Å². The lowest BCUT2D eigenvalue weighted by Gasteiger charge is -2.03. The molecule has 0 bridgehead atoms. The van der Waals surface area contributed by atoms with Crippen molar-refractivity contribution >= 4 is 5.82 Å². The predicted molar refractivity (Wildman–Crippen MR) is 57.0 cm³/mol. The molecule has 0 aliphatic carbocycles. The van der Waals surface area contributed by atoms with Gasteiger partial charge in [-0.15, -0.1) is 0 Å². The molecule has 0 aliphatic heterocycles. The van der Waals surface area contributed by atoms with Crippen LogP contribution in [-0.2, 0) is 0 Å². The van der Waals surface area contributed by atoms with Gasteiger partial charge in [0.15, 0.2) is 0 Å². The Kier molecular flexibility index (Phi) is 2.58. The smallest absolute Gasteiger partial charge is 0.144 e. The van der Waals surface area contributed by atoms with Gasteiger partial charge in [0, 0.05) is 12.6 Å². The van der Waals surface area contributed by atoms with E-state index >= 15 is 0 Å². The van der Waals surface area contributed by atoms with Crippen molar-refractivity contribution in [2.75, 3.05) is 12.4 Å². The highest BCUT2D eigenvalue weighted by Gasteiger charge is 2.05. The van der Waals surface area contributed by atoms with E-state index in [-0.39, 0.29) is 5.82 Å². The Bertz CT molecular complexity index is 471. The Balaban J connectivity index is 2.49. The second kappa shape index (κ2) is 4.04. The zero-order chi connectivity index (χ0) is 10.7. The number of nitrogens with one attached hydrogen (secondary N) is 1. The Morgan fingerprint density at radius 1 is 1.20 bits per heavy atom. The van der Waals surface area contributed by atoms with Gasteiger partial charge in [0.2, 0.25) is 0 Å². The maximum absolute atomic E-state index is 13.4. The quantitative estimate of drug-likeness (QED) is 0.813. The van der Waals surface area contributed by atoms with E-state index in [1.165, 1.54) is 6.07 Å². The van der Waals surface area contributed by atoms with Crippen molar-refractivity contribution in [2.45, 2.75) is 0 Å². The van der Waals surface area contributed by atoms with Crippen LogP contribution in [0.25, 0.3) is 11.3 Å². The van der Waals surface area contributed by atoms with Gasteiger partial charge in [0.25, 0.3) is 0 Å². The van der Waals surface area contributed by atoms with Crippen molar-refractivity contribution in [3.8, 4) is 11.3 Å². The summed E-state index contributed by atoms with van der Waals surface area (Å²) >= 11 is 0. The molecule has 0 saturated heterocycles. The third-order valence-electron chi connectivity index (χ3n) is 2.04. The summed E-state index contributed by atoms with van der Waals surface area (Å²) in [5, 5.41) is 2.86. The molecule has 0 spiro atoms. The largest absolute Gasteiger partial charge is 0.372 e. The highest BCUT2D eigenvalue weighted by molar-refractivity contribution is 5.60. The first-order valence-corrected chi connectivity index (χ1v) is 4.56. The lowest BCUT2D eigenvalue weighted by molar-refractivity contribution is 0.630. The van der Waals surface area contributed by atoms with Gasteiger partial charge in [0.1, 0.15) is 11.6 Å². The van der Waals surface area contributed by atoms with Gasteiger partial charge >= 0.3 is 0 Å². The molecule has 15 heavy (non-hydrogen) atoms. The van der Waals surface area contributed by atoms with Crippen LogP contribution in [0.5, 0.6) is 0 Å². The molecule has 1 aromatic carbocycles. The monoisotopic (exact) mass is 203 g/mol. The number of anilines is 1. The SMILES string of the molecule is CNc1cncc(-c2ccccc2F)n1. The summed E-state index contributed by atoms with van der Waals surface area (Å²) in [5.74, 6) is 0.329. The summed E-state index contributed by atoms with van der Waals surface area (Å²) in [7, 11) is 1.75. The van der Waals surface area contributed by atoms with Crippen LogP contribution < -0.4 is 5.32 Å². The van der Waals surface area contributed by atoms with Crippen LogP contribution in [0.2, 0.25) is 0 Å². The summed E-state index contributed by atoms with van der Waals surface area (Å²) in [5.41, 5.74) is 0.988. The minimum Gasteiger partial charge on any atom is -0.372 e. The van der Waals surface area contributed by atoms with E-state index in [0.29, 0.717) is 17.1 Å². The molecule has 0 atom stereocenters. The molecule has 2 aromatic rings. The Morgan fingerprint density at radius 2 is 2.00 bits per heavy atom. The van der Waals surface area contributed by atoms with Crippen LogP contribution in [0.4, 0.5) is 10.2 Å². The van der Waals surface area contributed by atoms with Gasteiger partial charge in [-0.25, -0.2) is 9.37 Å². The van der Waals surface area contributed by atoms with Crippen molar-refractivity contribution < 1.29 is 4.39 Å². The normalized spacial score (nSPS) is 10.0. The summed E-state index contributed by atoms with van der Waals surface area (Å²) < 4.78 is 13.4. The molecular weight excluding hydrogens is 193 g/mol. The zero-order valence-electron chi connectivity index (χ0n) is 8.24. The van der Waals surface area contributed by atoms with Gasteiger partial charge in [-0.1, -0.05) is 12.1 Å². The standard InChI is InChI=1S/C11H10FN3/c1-13-11-7-14-6-10(15-11)8-4-2-3-5-9(8)12/h2-7H,1H3,(H,13,15). The van der Waals surface area contributed by atoms with E-state index in [9.17, 15) is 4.39 Å². The first-order chi connectivity index (χ1) is 7.31. The molecule has 0 fully saturated rings. The van der Waals surface area contributed by atoms with Crippen LogP contribution in [0.1, 0.15) is 0 Å². The number of aromatic nitrogens is 2.